The monoisotopic (exact) mass is 343 g/mol. The lowest BCUT2D eigenvalue weighted by atomic mass is 9.93. The summed E-state index contributed by atoms with van der Waals surface area (Å²) in [5.41, 5.74) is 3.19. The SMILES string of the molecule is O=C(NCc1csc(C2CC2)n1)N1CCc2ccccc2[C@H]1CO. The number of hydrogen-bond donors (Lipinski definition) is 2. The maximum absolute atomic E-state index is 12.6. The van der Waals surface area contributed by atoms with E-state index in [1.807, 2.05) is 23.6 Å². The second-order valence-electron chi connectivity index (χ2n) is 6.45. The fourth-order valence-electron chi connectivity index (χ4n) is 3.28. The average Bonchev–Trinajstić information content (AvgIpc) is 3.37. The van der Waals surface area contributed by atoms with Gasteiger partial charge in [-0.05, 0) is 30.4 Å². The van der Waals surface area contributed by atoms with Crippen molar-refractivity contribution >= 4 is 17.4 Å². The van der Waals surface area contributed by atoms with E-state index in [2.05, 4.69) is 16.4 Å². The van der Waals surface area contributed by atoms with Gasteiger partial charge in [0.25, 0.3) is 0 Å². The van der Waals surface area contributed by atoms with Crippen LogP contribution in [-0.4, -0.2) is 34.2 Å². The molecule has 2 aromatic rings. The third-order valence-electron chi connectivity index (χ3n) is 4.76. The lowest BCUT2D eigenvalue weighted by Gasteiger charge is -2.36. The van der Waals surface area contributed by atoms with Crippen molar-refractivity contribution in [3.8, 4) is 0 Å². The molecule has 4 rings (SSSR count). The van der Waals surface area contributed by atoms with Crippen molar-refractivity contribution in [1.82, 2.24) is 15.2 Å². The van der Waals surface area contributed by atoms with Crippen molar-refractivity contribution in [2.45, 2.75) is 37.8 Å². The first-order valence-corrected chi connectivity index (χ1v) is 9.31. The molecule has 2 heterocycles. The lowest BCUT2D eigenvalue weighted by molar-refractivity contribution is 0.126. The van der Waals surface area contributed by atoms with Gasteiger partial charge in [0.15, 0.2) is 0 Å². The summed E-state index contributed by atoms with van der Waals surface area (Å²) in [7, 11) is 0. The predicted octanol–water partition coefficient (Wildman–Crippen LogP) is 2.82. The largest absolute Gasteiger partial charge is 0.394 e. The number of hydrogen-bond acceptors (Lipinski definition) is 4. The third kappa shape index (κ3) is 3.03. The molecule has 0 spiro atoms. The summed E-state index contributed by atoms with van der Waals surface area (Å²) in [5.74, 6) is 0.650. The van der Waals surface area contributed by atoms with Crippen molar-refractivity contribution in [1.29, 1.82) is 0 Å². The van der Waals surface area contributed by atoms with Gasteiger partial charge in [-0.15, -0.1) is 11.3 Å². The van der Waals surface area contributed by atoms with Gasteiger partial charge in [-0.3, -0.25) is 0 Å². The van der Waals surface area contributed by atoms with Crippen LogP contribution in [-0.2, 0) is 13.0 Å². The first-order chi connectivity index (χ1) is 11.8. The van der Waals surface area contributed by atoms with Gasteiger partial charge in [0.2, 0.25) is 0 Å². The first kappa shape index (κ1) is 15.6. The lowest BCUT2D eigenvalue weighted by Crippen LogP contribution is -2.46. The normalized spacial score (nSPS) is 19.9. The standard InChI is InChI=1S/C18H21N3O2S/c22-10-16-15-4-2-1-3-12(15)7-8-21(16)18(23)19-9-14-11-24-17(20-14)13-5-6-13/h1-4,11,13,16,22H,5-10H2,(H,19,23)/t16-/m1/s1. The van der Waals surface area contributed by atoms with Crippen LogP contribution in [0.5, 0.6) is 0 Å². The minimum atomic E-state index is -0.271. The minimum Gasteiger partial charge on any atom is -0.394 e. The van der Waals surface area contributed by atoms with E-state index >= 15 is 0 Å². The van der Waals surface area contributed by atoms with Crippen LogP contribution in [0.15, 0.2) is 29.6 Å². The number of amides is 2. The molecule has 1 aliphatic carbocycles. The smallest absolute Gasteiger partial charge is 0.318 e. The van der Waals surface area contributed by atoms with E-state index in [0.717, 1.165) is 17.7 Å². The highest BCUT2D eigenvalue weighted by Crippen LogP contribution is 2.41. The Hall–Kier alpha value is -1.92. The van der Waals surface area contributed by atoms with E-state index in [4.69, 9.17) is 0 Å². The second kappa shape index (κ2) is 6.53. The van der Waals surface area contributed by atoms with Crippen LogP contribution in [0.3, 0.4) is 0 Å². The Bertz CT molecular complexity index is 741. The fourth-order valence-corrected chi connectivity index (χ4v) is 4.27. The number of rotatable bonds is 4. The molecule has 5 nitrogen and oxygen atoms in total. The van der Waals surface area contributed by atoms with Crippen molar-refractivity contribution in [2.75, 3.05) is 13.2 Å². The highest BCUT2D eigenvalue weighted by molar-refractivity contribution is 7.09. The average molecular weight is 343 g/mol. The van der Waals surface area contributed by atoms with Gasteiger partial charge in [0.1, 0.15) is 0 Å². The van der Waals surface area contributed by atoms with E-state index < -0.39 is 0 Å². The Labute approximate surface area is 145 Å². The molecule has 1 saturated carbocycles. The maximum atomic E-state index is 12.6. The third-order valence-corrected chi connectivity index (χ3v) is 5.82. The number of fused-ring (bicyclic) bond motifs is 1. The summed E-state index contributed by atoms with van der Waals surface area (Å²) >= 11 is 1.69. The van der Waals surface area contributed by atoms with Crippen molar-refractivity contribution in [3.63, 3.8) is 0 Å². The molecule has 0 saturated heterocycles. The number of thiazole rings is 1. The van der Waals surface area contributed by atoms with Crippen LogP contribution >= 0.6 is 11.3 Å². The number of nitrogens with one attached hydrogen (secondary N) is 1. The molecule has 0 unspecified atom stereocenters. The highest BCUT2D eigenvalue weighted by Gasteiger charge is 2.30. The summed E-state index contributed by atoms with van der Waals surface area (Å²) in [6, 6.07) is 7.62. The molecule has 1 fully saturated rings. The molecule has 24 heavy (non-hydrogen) atoms. The van der Waals surface area contributed by atoms with E-state index in [1.54, 1.807) is 16.2 Å². The Morgan fingerprint density at radius 2 is 2.21 bits per heavy atom. The van der Waals surface area contributed by atoms with Crippen LogP contribution in [0.4, 0.5) is 4.79 Å². The summed E-state index contributed by atoms with van der Waals surface area (Å²) in [5, 5.41) is 16.0. The van der Waals surface area contributed by atoms with Gasteiger partial charge < -0.3 is 15.3 Å². The molecular weight excluding hydrogens is 322 g/mol. The van der Waals surface area contributed by atoms with Crippen LogP contribution in [0, 0.1) is 0 Å². The highest BCUT2D eigenvalue weighted by atomic mass is 32.1. The summed E-state index contributed by atoms with van der Waals surface area (Å²) < 4.78 is 0. The Morgan fingerprint density at radius 3 is 3.00 bits per heavy atom. The van der Waals surface area contributed by atoms with Crippen LogP contribution in [0.2, 0.25) is 0 Å². The number of carbonyl (C=O) groups excluding carboxylic acids is 1. The number of carbonyl (C=O) groups is 1. The van der Waals surface area contributed by atoms with Gasteiger partial charge in [0.05, 0.1) is 29.9 Å². The number of benzene rings is 1. The minimum absolute atomic E-state index is 0.0625. The van der Waals surface area contributed by atoms with E-state index in [9.17, 15) is 9.90 Å². The zero-order chi connectivity index (χ0) is 16.5. The number of aromatic nitrogens is 1. The quantitative estimate of drug-likeness (QED) is 0.897. The van der Waals surface area contributed by atoms with Crippen LogP contribution in [0.1, 0.15) is 46.6 Å². The van der Waals surface area contributed by atoms with Crippen molar-refractivity contribution in [2.24, 2.45) is 0 Å². The number of nitrogens with zero attached hydrogens (tertiary/aromatic N) is 2. The molecule has 0 radical (unpaired) electrons. The molecule has 1 aromatic heterocycles. The molecule has 2 amide bonds. The van der Waals surface area contributed by atoms with Gasteiger partial charge in [-0.2, -0.15) is 0 Å². The number of urea groups is 1. The Kier molecular flexibility index (Phi) is 4.24. The Morgan fingerprint density at radius 1 is 1.38 bits per heavy atom. The zero-order valence-corrected chi connectivity index (χ0v) is 14.3. The van der Waals surface area contributed by atoms with Crippen molar-refractivity contribution < 1.29 is 9.90 Å². The molecular formula is C18H21N3O2S. The maximum Gasteiger partial charge on any atom is 0.318 e. The first-order valence-electron chi connectivity index (χ1n) is 8.43. The van der Waals surface area contributed by atoms with Gasteiger partial charge in [-0.1, -0.05) is 24.3 Å². The summed E-state index contributed by atoms with van der Waals surface area (Å²) in [6.45, 7) is 1.00. The van der Waals surface area contributed by atoms with E-state index in [-0.39, 0.29) is 18.7 Å². The van der Waals surface area contributed by atoms with E-state index in [1.165, 1.54) is 23.4 Å². The Balaban J connectivity index is 1.41. The molecule has 0 bridgehead atoms. The molecule has 2 aliphatic rings. The van der Waals surface area contributed by atoms with Gasteiger partial charge >= 0.3 is 6.03 Å². The summed E-state index contributed by atoms with van der Waals surface area (Å²) in [4.78, 5) is 18.9. The molecule has 1 atom stereocenters. The molecule has 2 N–H and O–H groups in total. The van der Waals surface area contributed by atoms with Gasteiger partial charge in [-0.25, -0.2) is 9.78 Å². The summed E-state index contributed by atoms with van der Waals surface area (Å²) in [6.07, 6.45) is 3.30. The molecule has 126 valence electrons. The van der Waals surface area contributed by atoms with E-state index in [0.29, 0.717) is 19.0 Å². The fraction of sp³-hybridized carbons (Fsp3) is 0.444. The number of aliphatic hydroxyl groups is 1. The molecule has 1 aliphatic heterocycles. The van der Waals surface area contributed by atoms with Crippen LogP contribution < -0.4 is 5.32 Å². The van der Waals surface area contributed by atoms with Crippen LogP contribution in [0.25, 0.3) is 0 Å². The predicted molar refractivity (Wildman–Crippen MR) is 93.0 cm³/mol. The van der Waals surface area contributed by atoms with Gasteiger partial charge in [0, 0.05) is 17.8 Å². The topological polar surface area (TPSA) is 65.5 Å². The number of aliphatic hydroxyl groups excluding tert-OH is 1. The molecule has 6 heteroatoms. The second-order valence-corrected chi connectivity index (χ2v) is 7.34. The molecule has 1 aromatic carbocycles. The zero-order valence-electron chi connectivity index (χ0n) is 13.4. The van der Waals surface area contributed by atoms with Crippen molar-refractivity contribution in [3.05, 3.63) is 51.5 Å².